The number of aromatic nitrogens is 2. The minimum atomic E-state index is -0.928. The lowest BCUT2D eigenvalue weighted by Crippen LogP contribution is -2.16. The Morgan fingerprint density at radius 1 is 1.14 bits per heavy atom. The Morgan fingerprint density at radius 3 is 2.62 bits per heavy atom. The highest BCUT2D eigenvalue weighted by molar-refractivity contribution is 5.70. The molecule has 37 heavy (non-hydrogen) atoms. The van der Waals surface area contributed by atoms with Crippen molar-refractivity contribution in [3.63, 3.8) is 0 Å². The monoisotopic (exact) mass is 502 g/mol. The number of rotatable bonds is 8. The van der Waals surface area contributed by atoms with Gasteiger partial charge >= 0.3 is 5.97 Å². The van der Waals surface area contributed by atoms with Crippen LogP contribution in [0.1, 0.15) is 54.9 Å². The fraction of sp³-hybridized carbons (Fsp3) is 0.345. The number of carbonyl (C=O) groups is 1. The van der Waals surface area contributed by atoms with Gasteiger partial charge in [-0.3, -0.25) is 4.79 Å². The van der Waals surface area contributed by atoms with Crippen molar-refractivity contribution in [1.29, 1.82) is 0 Å². The summed E-state index contributed by atoms with van der Waals surface area (Å²) in [5.74, 6) is 4.88. The average molecular weight is 503 g/mol. The molecule has 0 radical (unpaired) electrons. The van der Waals surface area contributed by atoms with Gasteiger partial charge < -0.3 is 19.3 Å². The molecule has 3 heterocycles. The van der Waals surface area contributed by atoms with Crippen LogP contribution in [0.4, 0.5) is 4.39 Å². The maximum absolute atomic E-state index is 15.0. The second-order valence-electron chi connectivity index (χ2n) is 9.10. The van der Waals surface area contributed by atoms with Crippen molar-refractivity contribution < 1.29 is 28.5 Å². The number of hydrogen-bond acceptors (Lipinski definition) is 6. The molecular formula is C29H27FN2O5. The molecular weight excluding hydrogens is 475 g/mol. The summed E-state index contributed by atoms with van der Waals surface area (Å²) in [5, 5.41) is 9.15. The summed E-state index contributed by atoms with van der Waals surface area (Å²) in [4.78, 5) is 20.0. The fourth-order valence-corrected chi connectivity index (χ4v) is 4.86. The molecule has 1 saturated heterocycles. The summed E-state index contributed by atoms with van der Waals surface area (Å²) < 4.78 is 32.3. The summed E-state index contributed by atoms with van der Waals surface area (Å²) in [6.45, 7) is 2.94. The Labute approximate surface area is 214 Å². The van der Waals surface area contributed by atoms with Crippen LogP contribution in [0, 0.1) is 17.7 Å². The van der Waals surface area contributed by atoms with Gasteiger partial charge in [0.2, 0.25) is 11.8 Å². The highest BCUT2D eigenvalue weighted by atomic mass is 19.1. The number of pyridine rings is 2. The normalized spacial score (nSPS) is 19.0. The Kier molecular flexibility index (Phi) is 7.33. The highest BCUT2D eigenvalue weighted by Crippen LogP contribution is 2.41. The van der Waals surface area contributed by atoms with Gasteiger partial charge in [0.25, 0.3) is 0 Å². The lowest BCUT2D eigenvalue weighted by molar-refractivity contribution is -0.137. The first-order chi connectivity index (χ1) is 18.0. The molecule has 2 unspecified atom stereocenters. The van der Waals surface area contributed by atoms with Gasteiger partial charge in [0.15, 0.2) is 0 Å². The predicted octanol–water partition coefficient (Wildman–Crippen LogP) is 5.10. The molecule has 0 saturated carbocycles. The molecule has 1 N–H and O–H groups in total. The molecule has 5 rings (SSSR count). The van der Waals surface area contributed by atoms with Gasteiger partial charge in [0.1, 0.15) is 18.0 Å². The Morgan fingerprint density at radius 2 is 1.95 bits per heavy atom. The standard InChI is InChI=1S/C29H27FN2O5/c1-2-3-18(14-28(33)34)19-4-10-27(31-15-19)37-25-9-7-23-22(6-8-24(30)29(23)25)20-5-11-26(32-16-20)36-21-12-13-35-17-21/h4-6,8,10-11,15-16,18,21,25H,7,9,12-14,17H2,1H3,(H,33,34)/t18?,21?,25-/m1/s1. The Bertz CT molecular complexity index is 1330. The van der Waals surface area contributed by atoms with Gasteiger partial charge in [0.05, 0.1) is 25.6 Å². The molecule has 1 aromatic carbocycles. The van der Waals surface area contributed by atoms with Crippen LogP contribution in [0.5, 0.6) is 11.8 Å². The van der Waals surface area contributed by atoms with Crippen molar-refractivity contribution in [3.05, 3.63) is 71.3 Å². The van der Waals surface area contributed by atoms with Crippen molar-refractivity contribution in [2.45, 2.75) is 50.7 Å². The van der Waals surface area contributed by atoms with Crippen molar-refractivity contribution >= 4 is 5.97 Å². The van der Waals surface area contributed by atoms with Crippen LogP contribution in [-0.4, -0.2) is 40.4 Å². The molecule has 0 spiro atoms. The van der Waals surface area contributed by atoms with Crippen LogP contribution in [0.15, 0.2) is 48.8 Å². The molecule has 190 valence electrons. The lowest BCUT2D eigenvalue weighted by atomic mass is 9.97. The van der Waals surface area contributed by atoms with Crippen LogP contribution in [0.2, 0.25) is 0 Å². The number of nitrogens with zero attached hydrogens (tertiary/aromatic N) is 2. The van der Waals surface area contributed by atoms with E-state index in [-0.39, 0.29) is 18.3 Å². The van der Waals surface area contributed by atoms with Crippen molar-refractivity contribution in [1.82, 2.24) is 9.97 Å². The Balaban J connectivity index is 1.33. The molecule has 0 amide bonds. The van der Waals surface area contributed by atoms with E-state index in [1.807, 2.05) is 12.1 Å². The van der Waals surface area contributed by atoms with Gasteiger partial charge in [-0.25, -0.2) is 14.4 Å². The predicted molar refractivity (Wildman–Crippen MR) is 134 cm³/mol. The lowest BCUT2D eigenvalue weighted by Gasteiger charge is -2.17. The molecule has 2 aliphatic rings. The van der Waals surface area contributed by atoms with E-state index in [1.165, 1.54) is 6.07 Å². The number of halogens is 1. The van der Waals surface area contributed by atoms with Gasteiger partial charge in [0, 0.05) is 42.1 Å². The van der Waals surface area contributed by atoms with E-state index in [2.05, 4.69) is 21.8 Å². The zero-order valence-electron chi connectivity index (χ0n) is 20.4. The summed E-state index contributed by atoms with van der Waals surface area (Å²) >= 11 is 0. The van der Waals surface area contributed by atoms with E-state index in [0.29, 0.717) is 48.9 Å². The SMILES string of the molecule is CC#CC(CC(=O)O)c1ccc(O[C@@H]2CCc3c(-c4ccc(OC5CCOC5)nc4)ccc(F)c32)nc1. The van der Waals surface area contributed by atoms with Crippen LogP contribution < -0.4 is 9.47 Å². The molecule has 0 bridgehead atoms. The van der Waals surface area contributed by atoms with Gasteiger partial charge in [-0.05, 0) is 48.6 Å². The number of ether oxygens (including phenoxy) is 3. The van der Waals surface area contributed by atoms with Gasteiger partial charge in [-0.1, -0.05) is 18.1 Å². The van der Waals surface area contributed by atoms with E-state index in [4.69, 9.17) is 19.3 Å². The number of carboxylic acid groups (broad SMARTS) is 1. The zero-order chi connectivity index (χ0) is 25.8. The van der Waals surface area contributed by atoms with E-state index in [9.17, 15) is 9.18 Å². The fourth-order valence-electron chi connectivity index (χ4n) is 4.86. The van der Waals surface area contributed by atoms with Gasteiger partial charge in [-0.2, -0.15) is 0 Å². The summed E-state index contributed by atoms with van der Waals surface area (Å²) in [7, 11) is 0. The maximum atomic E-state index is 15.0. The molecule has 2 aromatic heterocycles. The van der Waals surface area contributed by atoms with Crippen LogP contribution in [0.25, 0.3) is 11.1 Å². The maximum Gasteiger partial charge on any atom is 0.304 e. The molecule has 7 nitrogen and oxygen atoms in total. The van der Waals surface area contributed by atoms with Crippen molar-refractivity contribution in [2.75, 3.05) is 13.2 Å². The van der Waals surface area contributed by atoms with Crippen molar-refractivity contribution in [3.8, 4) is 34.7 Å². The second kappa shape index (κ2) is 11.0. The van der Waals surface area contributed by atoms with Crippen LogP contribution in [-0.2, 0) is 16.0 Å². The molecule has 3 aromatic rings. The number of carboxylic acids is 1. The summed E-state index contributed by atoms with van der Waals surface area (Å²) in [6, 6.07) is 10.5. The van der Waals surface area contributed by atoms with E-state index in [0.717, 1.165) is 23.1 Å². The highest BCUT2D eigenvalue weighted by Gasteiger charge is 2.30. The molecule has 1 fully saturated rings. The zero-order valence-corrected chi connectivity index (χ0v) is 20.4. The third-order valence-corrected chi connectivity index (χ3v) is 6.63. The summed E-state index contributed by atoms with van der Waals surface area (Å²) in [6.07, 6.45) is 4.89. The molecule has 1 aliphatic heterocycles. The first kappa shape index (κ1) is 24.7. The largest absolute Gasteiger partial charge is 0.481 e. The number of aliphatic carboxylic acids is 1. The number of benzene rings is 1. The number of hydrogen-bond donors (Lipinski definition) is 1. The van der Waals surface area contributed by atoms with Crippen molar-refractivity contribution in [2.24, 2.45) is 0 Å². The third-order valence-electron chi connectivity index (χ3n) is 6.63. The minimum absolute atomic E-state index is 0.0247. The average Bonchev–Trinajstić information content (AvgIpc) is 3.56. The second-order valence-corrected chi connectivity index (χ2v) is 9.10. The third kappa shape index (κ3) is 5.57. The van der Waals surface area contributed by atoms with Gasteiger partial charge in [-0.15, -0.1) is 5.92 Å². The van der Waals surface area contributed by atoms with Crippen LogP contribution in [0.3, 0.4) is 0 Å². The first-order valence-corrected chi connectivity index (χ1v) is 12.3. The quantitative estimate of drug-likeness (QED) is 0.429. The molecule has 1 aliphatic carbocycles. The minimum Gasteiger partial charge on any atom is -0.481 e. The Hall–Kier alpha value is -3.96. The number of fused-ring (bicyclic) bond motifs is 1. The van der Waals surface area contributed by atoms with E-state index < -0.39 is 18.0 Å². The van der Waals surface area contributed by atoms with E-state index in [1.54, 1.807) is 37.5 Å². The summed E-state index contributed by atoms with van der Waals surface area (Å²) in [5.41, 5.74) is 3.94. The molecule has 8 heteroatoms. The molecule has 3 atom stereocenters. The smallest absolute Gasteiger partial charge is 0.304 e. The first-order valence-electron chi connectivity index (χ1n) is 12.3. The van der Waals surface area contributed by atoms with Crippen LogP contribution >= 0.6 is 0 Å². The topological polar surface area (TPSA) is 90.8 Å². The van der Waals surface area contributed by atoms with E-state index >= 15 is 0 Å².